The molecule has 212 valence electrons. The number of allylic oxidation sites excluding steroid dienone is 2. The molecule has 2 heterocycles. The molecule has 2 amide bonds. The SMILES string of the molecule is CC(=Cc1sc2ccc(Br)cc2[n+]1CC(=O)NS(C)(=O)=O)C=C1Sc2ccc(F)cc2N1CC(=O)NS(C)(=O)=O. The number of rotatable bonds is 8. The third-order valence-corrected chi connectivity index (χ3v) is 9.20. The third-order valence-electron chi connectivity index (χ3n) is 5.29. The van der Waals surface area contributed by atoms with Gasteiger partial charge in [0.25, 0.3) is 16.8 Å². The van der Waals surface area contributed by atoms with Gasteiger partial charge in [-0.3, -0.25) is 14.3 Å². The number of nitrogens with one attached hydrogen (secondary N) is 2. The van der Waals surface area contributed by atoms with Gasteiger partial charge in [0.15, 0.2) is 0 Å². The topological polar surface area (TPSA) is 134 Å². The molecule has 10 nitrogen and oxygen atoms in total. The summed E-state index contributed by atoms with van der Waals surface area (Å²) in [5.41, 5.74) is 1.84. The summed E-state index contributed by atoms with van der Waals surface area (Å²) in [6, 6.07) is 9.70. The van der Waals surface area contributed by atoms with Crippen LogP contribution in [-0.4, -0.2) is 47.7 Å². The van der Waals surface area contributed by atoms with Crippen molar-refractivity contribution in [2.24, 2.45) is 0 Å². The number of carbonyl (C=O) groups excluding carboxylic acids is 2. The van der Waals surface area contributed by atoms with E-state index in [1.807, 2.05) is 27.6 Å². The van der Waals surface area contributed by atoms with Crippen molar-refractivity contribution < 1.29 is 35.4 Å². The van der Waals surface area contributed by atoms with Crippen LogP contribution in [0.1, 0.15) is 11.9 Å². The minimum absolute atomic E-state index is 0.254. The maximum absolute atomic E-state index is 14.1. The number of thiazole rings is 1. The first-order chi connectivity index (χ1) is 18.6. The molecule has 0 fully saturated rings. The molecule has 0 saturated carbocycles. The fourth-order valence-electron chi connectivity index (χ4n) is 3.89. The number of fused-ring (bicyclic) bond motifs is 2. The van der Waals surface area contributed by atoms with E-state index in [0.717, 1.165) is 21.7 Å². The number of nitrogens with zero attached hydrogens (tertiary/aromatic N) is 2. The zero-order chi connectivity index (χ0) is 29.4. The highest BCUT2D eigenvalue weighted by Gasteiger charge is 2.29. The van der Waals surface area contributed by atoms with Crippen molar-refractivity contribution >= 4 is 92.9 Å². The number of sulfonamides is 2. The van der Waals surface area contributed by atoms with Crippen molar-refractivity contribution in [3.8, 4) is 0 Å². The standard InChI is InChI=1S/C24H22BrFN4O6S4/c1-14(8-23-29(12-21(31)27-39(2,33)34)17-10-15(25)4-6-19(17)37-23)9-24-30(13-22(32)28-40(3,35)36)18-11-16(26)5-7-20(18)38-24/h4-11H,12-13H2,1-3H3,(H-,27,28,31,32)/p+1. The average molecular weight is 691 g/mol. The summed E-state index contributed by atoms with van der Waals surface area (Å²) in [4.78, 5) is 27.2. The fourth-order valence-corrected chi connectivity index (χ4v) is 7.50. The second-order valence-corrected chi connectivity index (χ2v) is 15.4. The third kappa shape index (κ3) is 7.69. The predicted molar refractivity (Wildman–Crippen MR) is 157 cm³/mol. The molecule has 0 radical (unpaired) electrons. The Hall–Kier alpha value is -2.79. The van der Waals surface area contributed by atoms with Gasteiger partial charge >= 0.3 is 0 Å². The minimum atomic E-state index is -3.79. The second kappa shape index (κ2) is 11.6. The van der Waals surface area contributed by atoms with Crippen LogP contribution in [0.5, 0.6) is 0 Å². The molecule has 16 heteroatoms. The van der Waals surface area contributed by atoms with Crippen molar-refractivity contribution in [2.45, 2.75) is 18.4 Å². The molecule has 0 unspecified atom stereocenters. The van der Waals surface area contributed by atoms with E-state index in [-0.39, 0.29) is 13.1 Å². The number of carbonyl (C=O) groups is 2. The van der Waals surface area contributed by atoms with Crippen molar-refractivity contribution in [2.75, 3.05) is 24.0 Å². The molecule has 0 aliphatic carbocycles. The molecule has 1 aliphatic rings. The Kier molecular flexibility index (Phi) is 8.75. The summed E-state index contributed by atoms with van der Waals surface area (Å²) in [6.45, 7) is 1.18. The van der Waals surface area contributed by atoms with E-state index in [0.29, 0.717) is 31.7 Å². The summed E-state index contributed by atoms with van der Waals surface area (Å²) in [7, 11) is -7.53. The molecule has 0 saturated heterocycles. The summed E-state index contributed by atoms with van der Waals surface area (Å²) in [6.07, 6.45) is 5.34. The van der Waals surface area contributed by atoms with E-state index in [1.54, 1.807) is 29.7 Å². The summed E-state index contributed by atoms with van der Waals surface area (Å²) in [5, 5.41) is 1.21. The van der Waals surface area contributed by atoms with E-state index in [1.165, 1.54) is 40.1 Å². The maximum atomic E-state index is 14.1. The fraction of sp³-hybridized carbons (Fsp3) is 0.208. The number of benzene rings is 2. The Balaban J connectivity index is 1.73. The van der Waals surface area contributed by atoms with Crippen LogP contribution < -0.4 is 18.9 Å². The van der Waals surface area contributed by atoms with Gasteiger partial charge in [-0.2, -0.15) is 4.57 Å². The molecular formula is C24H23BrFN4O6S4+. The molecule has 0 bridgehead atoms. The van der Waals surface area contributed by atoms with Gasteiger partial charge in [0, 0.05) is 21.5 Å². The second-order valence-electron chi connectivity index (χ2n) is 8.90. The molecule has 2 aromatic carbocycles. The van der Waals surface area contributed by atoms with E-state index in [4.69, 9.17) is 0 Å². The predicted octanol–water partition coefficient (Wildman–Crippen LogP) is 3.10. The van der Waals surface area contributed by atoms with Crippen LogP contribution in [-0.2, 0) is 36.2 Å². The largest absolute Gasteiger partial charge is 0.325 e. The number of aromatic nitrogens is 1. The number of thioether (sulfide) groups is 1. The van der Waals surface area contributed by atoms with Crippen molar-refractivity contribution in [3.05, 3.63) is 68.4 Å². The Labute approximate surface area is 247 Å². The lowest BCUT2D eigenvalue weighted by atomic mass is 10.2. The minimum Gasteiger partial charge on any atom is -0.325 e. The highest BCUT2D eigenvalue weighted by molar-refractivity contribution is 9.10. The molecular weight excluding hydrogens is 667 g/mol. The molecule has 0 spiro atoms. The van der Waals surface area contributed by atoms with Gasteiger partial charge in [-0.15, -0.1) is 0 Å². The van der Waals surface area contributed by atoms with E-state index in [9.17, 15) is 30.8 Å². The van der Waals surface area contributed by atoms with Crippen molar-refractivity contribution in [1.82, 2.24) is 9.44 Å². The smallest absolute Gasteiger partial charge is 0.299 e. The van der Waals surface area contributed by atoms with Gasteiger partial charge in [-0.25, -0.2) is 25.9 Å². The number of amides is 2. The molecule has 40 heavy (non-hydrogen) atoms. The van der Waals surface area contributed by atoms with Gasteiger partial charge < -0.3 is 4.90 Å². The van der Waals surface area contributed by atoms with Gasteiger partial charge in [0.1, 0.15) is 17.1 Å². The molecule has 1 aliphatic heterocycles. The van der Waals surface area contributed by atoms with Crippen LogP contribution in [0.4, 0.5) is 10.1 Å². The van der Waals surface area contributed by atoms with Crippen LogP contribution >= 0.6 is 39.0 Å². The maximum Gasteiger partial charge on any atom is 0.299 e. The summed E-state index contributed by atoms with van der Waals surface area (Å²) >= 11 is 6.11. The van der Waals surface area contributed by atoms with Crippen molar-refractivity contribution in [1.29, 1.82) is 0 Å². The first kappa shape index (κ1) is 30.2. The number of hydrogen-bond acceptors (Lipinski definition) is 9. The van der Waals surface area contributed by atoms with Crippen LogP contribution in [0, 0.1) is 5.82 Å². The molecule has 3 aromatic rings. The quantitative estimate of drug-likeness (QED) is 0.345. The van der Waals surface area contributed by atoms with Gasteiger partial charge in [0.05, 0.1) is 23.2 Å². The lowest BCUT2D eigenvalue weighted by Gasteiger charge is -2.19. The lowest BCUT2D eigenvalue weighted by Crippen LogP contribution is -2.45. The zero-order valence-electron chi connectivity index (χ0n) is 21.3. The first-order valence-corrected chi connectivity index (χ1v) is 17.6. The highest BCUT2D eigenvalue weighted by atomic mass is 79.9. The Morgan fingerprint density at radius 3 is 2.40 bits per heavy atom. The number of anilines is 1. The Morgan fingerprint density at radius 1 is 1.05 bits per heavy atom. The molecule has 2 N–H and O–H groups in total. The Morgan fingerprint density at radius 2 is 1.73 bits per heavy atom. The van der Waals surface area contributed by atoms with Gasteiger partial charge in [-0.1, -0.05) is 39.0 Å². The highest BCUT2D eigenvalue weighted by Crippen LogP contribution is 2.46. The van der Waals surface area contributed by atoms with Crippen LogP contribution in [0.15, 0.2) is 62.4 Å². The van der Waals surface area contributed by atoms with E-state index >= 15 is 0 Å². The molecule has 1 aromatic heterocycles. The number of hydrogen-bond donors (Lipinski definition) is 2. The summed E-state index contributed by atoms with van der Waals surface area (Å²) in [5.74, 6) is -1.99. The molecule has 0 atom stereocenters. The number of halogens is 2. The van der Waals surface area contributed by atoms with Crippen LogP contribution in [0.3, 0.4) is 0 Å². The summed E-state index contributed by atoms with van der Waals surface area (Å²) < 4.78 is 67.6. The lowest BCUT2D eigenvalue weighted by molar-refractivity contribution is -0.655. The molecule has 4 rings (SSSR count). The van der Waals surface area contributed by atoms with Crippen LogP contribution in [0.25, 0.3) is 16.3 Å². The van der Waals surface area contributed by atoms with Gasteiger partial charge in [0.2, 0.25) is 32.1 Å². The van der Waals surface area contributed by atoms with Crippen molar-refractivity contribution in [3.63, 3.8) is 0 Å². The van der Waals surface area contributed by atoms with Crippen LogP contribution in [0.2, 0.25) is 0 Å². The normalized spacial score (nSPS) is 15.0. The first-order valence-electron chi connectivity index (χ1n) is 11.4. The Bertz CT molecular complexity index is 1820. The zero-order valence-corrected chi connectivity index (χ0v) is 26.1. The average Bonchev–Trinajstić information content (AvgIpc) is 3.28. The van der Waals surface area contributed by atoms with Gasteiger partial charge in [-0.05, 0) is 48.9 Å². The van der Waals surface area contributed by atoms with E-state index < -0.39 is 37.7 Å². The monoisotopic (exact) mass is 689 g/mol. The van der Waals surface area contributed by atoms with E-state index in [2.05, 4.69) is 15.9 Å².